The van der Waals surface area contributed by atoms with E-state index in [-0.39, 0.29) is 11.3 Å². The van der Waals surface area contributed by atoms with Gasteiger partial charge in [0.2, 0.25) is 0 Å². The summed E-state index contributed by atoms with van der Waals surface area (Å²) in [6.07, 6.45) is 5.84. The molecule has 9 nitrogen and oxygen atoms in total. The topological polar surface area (TPSA) is 103 Å². The lowest BCUT2D eigenvalue weighted by Crippen LogP contribution is -2.31. The predicted octanol–water partition coefficient (Wildman–Crippen LogP) is 3.17. The molecule has 9 heteroatoms. The molecule has 2 aliphatic heterocycles. The van der Waals surface area contributed by atoms with Crippen molar-refractivity contribution < 1.29 is 28.9 Å². The van der Waals surface area contributed by atoms with Crippen LogP contribution in [0.4, 0.5) is 0 Å². The maximum Gasteiger partial charge on any atom is 0.295 e. The van der Waals surface area contributed by atoms with Crippen molar-refractivity contribution in [3.63, 3.8) is 0 Å². The molecule has 1 atom stereocenters. The second kappa shape index (κ2) is 9.54. The van der Waals surface area contributed by atoms with E-state index in [1.807, 2.05) is 16.8 Å². The van der Waals surface area contributed by atoms with E-state index >= 15 is 0 Å². The molecule has 5 rings (SSSR count). The van der Waals surface area contributed by atoms with E-state index in [1.165, 1.54) is 4.90 Å². The van der Waals surface area contributed by atoms with E-state index in [0.717, 1.165) is 0 Å². The van der Waals surface area contributed by atoms with Gasteiger partial charge in [-0.2, -0.15) is 0 Å². The van der Waals surface area contributed by atoms with Crippen molar-refractivity contribution in [2.45, 2.75) is 19.0 Å². The molecule has 3 heterocycles. The number of ether oxygens (including phenoxy) is 3. The van der Waals surface area contributed by atoms with Gasteiger partial charge in [-0.15, -0.1) is 0 Å². The Balaban J connectivity index is 1.54. The maximum atomic E-state index is 13.2. The molecule has 35 heavy (non-hydrogen) atoms. The summed E-state index contributed by atoms with van der Waals surface area (Å²) >= 11 is 0. The quantitative estimate of drug-likeness (QED) is 0.318. The largest absolute Gasteiger partial charge is 0.507 e. The third-order valence-corrected chi connectivity index (χ3v) is 6.14. The van der Waals surface area contributed by atoms with E-state index in [2.05, 4.69) is 4.98 Å². The van der Waals surface area contributed by atoms with E-state index in [9.17, 15) is 14.7 Å². The summed E-state index contributed by atoms with van der Waals surface area (Å²) < 4.78 is 18.5. The Morgan fingerprint density at radius 3 is 2.71 bits per heavy atom. The van der Waals surface area contributed by atoms with Crippen LogP contribution in [0.1, 0.15) is 23.6 Å². The molecule has 1 fully saturated rings. The number of carbonyl (C=O) groups excluding carboxylic acids is 2. The second-order valence-corrected chi connectivity index (χ2v) is 8.28. The summed E-state index contributed by atoms with van der Waals surface area (Å²) in [5, 5.41) is 11.3. The molecule has 2 aromatic carbocycles. The number of hydrogen-bond donors (Lipinski definition) is 1. The minimum Gasteiger partial charge on any atom is -0.507 e. The van der Waals surface area contributed by atoms with Crippen molar-refractivity contribution >= 4 is 17.4 Å². The summed E-state index contributed by atoms with van der Waals surface area (Å²) in [6, 6.07) is 11.4. The number of hydrogen-bond acceptors (Lipinski definition) is 7. The Morgan fingerprint density at radius 2 is 1.94 bits per heavy atom. The fourth-order valence-corrected chi connectivity index (χ4v) is 4.46. The van der Waals surface area contributed by atoms with Crippen molar-refractivity contribution in [3.05, 3.63) is 77.9 Å². The first-order valence-electron chi connectivity index (χ1n) is 11.3. The molecular weight excluding hydrogens is 450 g/mol. The molecule has 0 aliphatic carbocycles. The number of nitrogens with zero attached hydrogens (tertiary/aromatic N) is 3. The number of aliphatic hydroxyl groups excluding tert-OH is 1. The van der Waals surface area contributed by atoms with Gasteiger partial charge in [-0.3, -0.25) is 9.59 Å². The predicted molar refractivity (Wildman–Crippen MR) is 126 cm³/mol. The highest BCUT2D eigenvalue weighted by Crippen LogP contribution is 2.41. The molecule has 3 aromatic rings. The van der Waals surface area contributed by atoms with Crippen molar-refractivity contribution in [2.24, 2.45) is 0 Å². The van der Waals surface area contributed by atoms with E-state index in [4.69, 9.17) is 14.2 Å². The van der Waals surface area contributed by atoms with Crippen LogP contribution in [0.15, 0.2) is 66.8 Å². The molecule has 0 bridgehead atoms. The lowest BCUT2D eigenvalue weighted by Gasteiger charge is -2.26. The molecule has 1 aromatic heterocycles. The van der Waals surface area contributed by atoms with Crippen LogP contribution in [0, 0.1) is 0 Å². The second-order valence-electron chi connectivity index (χ2n) is 8.28. The van der Waals surface area contributed by atoms with E-state index in [0.29, 0.717) is 61.1 Å². The molecule has 180 valence electrons. The van der Waals surface area contributed by atoms with Gasteiger partial charge in [0.1, 0.15) is 24.7 Å². The van der Waals surface area contributed by atoms with Crippen LogP contribution in [0.3, 0.4) is 0 Å². The molecule has 1 amide bonds. The minimum atomic E-state index is -0.763. The maximum absolute atomic E-state index is 13.2. The number of carbonyl (C=O) groups is 2. The number of benzene rings is 2. The zero-order valence-corrected chi connectivity index (χ0v) is 19.2. The fraction of sp³-hybridized carbons (Fsp3) is 0.269. The Morgan fingerprint density at radius 1 is 1.11 bits per heavy atom. The highest BCUT2D eigenvalue weighted by Gasteiger charge is 2.46. The van der Waals surface area contributed by atoms with Crippen molar-refractivity contribution in [1.29, 1.82) is 0 Å². The van der Waals surface area contributed by atoms with Gasteiger partial charge in [0, 0.05) is 31.0 Å². The van der Waals surface area contributed by atoms with Crippen LogP contribution in [-0.4, -0.2) is 58.1 Å². The monoisotopic (exact) mass is 475 g/mol. The van der Waals surface area contributed by atoms with Crippen molar-refractivity contribution in [1.82, 2.24) is 14.5 Å². The molecule has 0 unspecified atom stereocenters. The van der Waals surface area contributed by atoms with Gasteiger partial charge in [-0.1, -0.05) is 12.1 Å². The van der Waals surface area contributed by atoms with Gasteiger partial charge in [0.05, 0.1) is 25.1 Å². The number of imidazole rings is 1. The average molecular weight is 476 g/mol. The van der Waals surface area contributed by atoms with Crippen LogP contribution in [0.25, 0.3) is 5.76 Å². The highest BCUT2D eigenvalue weighted by molar-refractivity contribution is 6.46. The zero-order chi connectivity index (χ0) is 24.4. The van der Waals surface area contributed by atoms with E-state index < -0.39 is 17.7 Å². The van der Waals surface area contributed by atoms with Crippen LogP contribution in [0.2, 0.25) is 0 Å². The molecule has 2 aliphatic rings. The number of aryl methyl sites for hydroxylation is 1. The third kappa shape index (κ3) is 4.32. The number of fused-ring (bicyclic) bond motifs is 1. The van der Waals surface area contributed by atoms with E-state index in [1.54, 1.807) is 56.0 Å². The number of methoxy groups -OCH3 is 1. The summed E-state index contributed by atoms with van der Waals surface area (Å²) in [5.41, 5.74) is 1.08. The zero-order valence-electron chi connectivity index (χ0n) is 19.2. The fourth-order valence-electron chi connectivity index (χ4n) is 4.46. The Kier molecular flexibility index (Phi) is 6.13. The van der Waals surface area contributed by atoms with Gasteiger partial charge >= 0.3 is 0 Å². The average Bonchev–Trinajstić information content (AvgIpc) is 3.50. The molecule has 1 saturated heterocycles. The summed E-state index contributed by atoms with van der Waals surface area (Å²) in [5.74, 6) is -0.00337. The van der Waals surface area contributed by atoms with Gasteiger partial charge < -0.3 is 28.8 Å². The molecule has 1 N–H and O–H groups in total. The molecule has 0 spiro atoms. The smallest absolute Gasteiger partial charge is 0.295 e. The molecule has 0 saturated carbocycles. The summed E-state index contributed by atoms with van der Waals surface area (Å²) in [4.78, 5) is 31.9. The minimum absolute atomic E-state index is 0.0301. The Bertz CT molecular complexity index is 1280. The normalized spacial score (nSPS) is 18.7. The van der Waals surface area contributed by atoms with Crippen LogP contribution < -0.4 is 14.2 Å². The Labute approximate surface area is 202 Å². The van der Waals surface area contributed by atoms with Gasteiger partial charge in [0.15, 0.2) is 11.5 Å². The SMILES string of the molecule is COc1cccc([C@@H]2C(=C(O)c3ccc4c(c3)OCCO4)C(=O)C(=O)N2CCCn2ccnc2)c1. The first-order chi connectivity index (χ1) is 17.1. The number of aromatic nitrogens is 2. The van der Waals surface area contributed by atoms with Gasteiger partial charge in [0.25, 0.3) is 11.7 Å². The number of likely N-dealkylation sites (tertiary alicyclic amines) is 1. The molecule has 0 radical (unpaired) electrons. The van der Waals surface area contributed by atoms with Crippen molar-refractivity contribution in [2.75, 3.05) is 26.9 Å². The first kappa shape index (κ1) is 22.5. The lowest BCUT2D eigenvalue weighted by atomic mass is 9.95. The summed E-state index contributed by atoms with van der Waals surface area (Å²) in [6.45, 7) is 1.79. The lowest BCUT2D eigenvalue weighted by molar-refractivity contribution is -0.139. The van der Waals surface area contributed by atoms with Crippen LogP contribution in [-0.2, 0) is 16.1 Å². The standard InChI is InChI=1S/C26H25N3O6/c1-33-19-5-2-4-17(14-19)23-22(24(30)18-6-7-20-21(15-18)35-13-12-34-20)25(31)26(32)29(23)10-3-9-28-11-8-27-16-28/h2,4-8,11,14-16,23,30H,3,9-10,12-13H2,1H3/t23-/m1/s1. The Hall–Kier alpha value is -4.27. The highest BCUT2D eigenvalue weighted by atomic mass is 16.6. The van der Waals surface area contributed by atoms with Crippen LogP contribution in [0.5, 0.6) is 17.2 Å². The number of aliphatic hydroxyl groups is 1. The van der Waals surface area contributed by atoms with Gasteiger partial charge in [-0.25, -0.2) is 4.98 Å². The van der Waals surface area contributed by atoms with Gasteiger partial charge in [-0.05, 0) is 42.3 Å². The number of Topliss-reactive ketones (excluding diaryl/α,β-unsaturated/α-hetero) is 1. The first-order valence-corrected chi connectivity index (χ1v) is 11.3. The third-order valence-electron chi connectivity index (χ3n) is 6.14. The van der Waals surface area contributed by atoms with Crippen molar-refractivity contribution in [3.8, 4) is 17.2 Å². The van der Waals surface area contributed by atoms with Crippen LogP contribution >= 0.6 is 0 Å². The number of rotatable bonds is 7. The summed E-state index contributed by atoms with van der Waals surface area (Å²) in [7, 11) is 1.55. The molecular formula is C26H25N3O6. The number of ketones is 1. The number of amides is 1.